The van der Waals surface area contributed by atoms with Gasteiger partial charge in [-0.25, -0.2) is 0 Å². The number of rotatable bonds is 3. The van der Waals surface area contributed by atoms with Gasteiger partial charge in [-0.15, -0.1) is 12.4 Å². The average molecular weight is 284 g/mol. The SMILES string of the molecule is Cc1ccc(NC(=O)CN2CCC[C@@H](N)C2)cc1.Cl. The lowest BCUT2D eigenvalue weighted by atomic mass is 10.1. The molecule has 4 nitrogen and oxygen atoms in total. The molecule has 0 aromatic heterocycles. The van der Waals surface area contributed by atoms with Gasteiger partial charge in [0.25, 0.3) is 0 Å². The summed E-state index contributed by atoms with van der Waals surface area (Å²) in [6.45, 7) is 4.25. The fourth-order valence-electron chi connectivity index (χ4n) is 2.28. The smallest absolute Gasteiger partial charge is 0.238 e. The van der Waals surface area contributed by atoms with E-state index in [9.17, 15) is 4.79 Å². The van der Waals surface area contributed by atoms with E-state index in [0.717, 1.165) is 31.6 Å². The van der Waals surface area contributed by atoms with Gasteiger partial charge in [0, 0.05) is 18.3 Å². The summed E-state index contributed by atoms with van der Waals surface area (Å²) in [7, 11) is 0. The first kappa shape index (κ1) is 16.0. The van der Waals surface area contributed by atoms with Crippen LogP contribution in [0, 0.1) is 6.92 Å². The van der Waals surface area contributed by atoms with Crippen molar-refractivity contribution in [2.75, 3.05) is 25.0 Å². The molecule has 1 aromatic carbocycles. The maximum atomic E-state index is 11.9. The van der Waals surface area contributed by atoms with Crippen LogP contribution in [-0.2, 0) is 4.79 Å². The molecule has 0 radical (unpaired) electrons. The first-order chi connectivity index (χ1) is 8.63. The third kappa shape index (κ3) is 5.19. The van der Waals surface area contributed by atoms with Crippen molar-refractivity contribution in [3.63, 3.8) is 0 Å². The Balaban J connectivity index is 0.00000180. The van der Waals surface area contributed by atoms with E-state index in [-0.39, 0.29) is 24.4 Å². The summed E-state index contributed by atoms with van der Waals surface area (Å²) in [6.07, 6.45) is 2.15. The molecular weight excluding hydrogens is 262 g/mol. The van der Waals surface area contributed by atoms with Gasteiger partial charge in [-0.05, 0) is 38.4 Å². The van der Waals surface area contributed by atoms with Gasteiger partial charge in [0.15, 0.2) is 0 Å². The highest BCUT2D eigenvalue weighted by Crippen LogP contribution is 2.10. The molecule has 106 valence electrons. The zero-order valence-corrected chi connectivity index (χ0v) is 12.1. The van der Waals surface area contributed by atoms with Crippen LogP contribution in [0.2, 0.25) is 0 Å². The van der Waals surface area contributed by atoms with Crippen molar-refractivity contribution in [1.29, 1.82) is 0 Å². The van der Waals surface area contributed by atoms with Gasteiger partial charge in [0.05, 0.1) is 6.54 Å². The fraction of sp³-hybridized carbons (Fsp3) is 0.500. The quantitative estimate of drug-likeness (QED) is 0.889. The number of carbonyl (C=O) groups is 1. The second-order valence-corrected chi connectivity index (χ2v) is 5.05. The number of benzene rings is 1. The lowest BCUT2D eigenvalue weighted by molar-refractivity contribution is -0.117. The molecule has 1 atom stereocenters. The standard InChI is InChI=1S/C14H21N3O.ClH/c1-11-4-6-13(7-5-11)16-14(18)10-17-8-2-3-12(15)9-17;/h4-7,12H,2-3,8-10,15H2,1H3,(H,16,18);1H/t12-;/m1./s1. The number of carbonyl (C=O) groups excluding carboxylic acids is 1. The Hall–Kier alpha value is -1.10. The van der Waals surface area contributed by atoms with Crippen LogP contribution in [0.15, 0.2) is 24.3 Å². The second-order valence-electron chi connectivity index (χ2n) is 5.05. The molecule has 0 saturated carbocycles. The van der Waals surface area contributed by atoms with Gasteiger partial charge in [-0.1, -0.05) is 17.7 Å². The highest BCUT2D eigenvalue weighted by Gasteiger charge is 2.18. The van der Waals surface area contributed by atoms with E-state index in [1.807, 2.05) is 31.2 Å². The van der Waals surface area contributed by atoms with E-state index >= 15 is 0 Å². The number of hydrogen-bond donors (Lipinski definition) is 2. The Bertz CT molecular complexity index is 408. The van der Waals surface area contributed by atoms with Crippen LogP contribution in [0.1, 0.15) is 18.4 Å². The van der Waals surface area contributed by atoms with Crippen LogP contribution in [-0.4, -0.2) is 36.5 Å². The van der Waals surface area contributed by atoms with Crippen LogP contribution >= 0.6 is 12.4 Å². The number of likely N-dealkylation sites (tertiary alicyclic amines) is 1. The average Bonchev–Trinajstić information content (AvgIpc) is 2.32. The lowest BCUT2D eigenvalue weighted by Gasteiger charge is -2.29. The molecule has 0 spiro atoms. The zero-order valence-electron chi connectivity index (χ0n) is 11.3. The van der Waals surface area contributed by atoms with Crippen molar-refractivity contribution < 1.29 is 4.79 Å². The third-order valence-electron chi connectivity index (χ3n) is 3.24. The molecule has 1 aliphatic heterocycles. The van der Waals surface area contributed by atoms with Crippen LogP contribution in [0.4, 0.5) is 5.69 Å². The van der Waals surface area contributed by atoms with E-state index in [2.05, 4.69) is 10.2 Å². The third-order valence-corrected chi connectivity index (χ3v) is 3.24. The molecule has 0 unspecified atom stereocenters. The molecule has 1 heterocycles. The Kier molecular flexibility index (Phi) is 6.28. The normalized spacial score (nSPS) is 19.6. The summed E-state index contributed by atoms with van der Waals surface area (Å²) in [5.41, 5.74) is 7.94. The Morgan fingerprint density at radius 3 is 2.74 bits per heavy atom. The van der Waals surface area contributed by atoms with Gasteiger partial charge in [0.2, 0.25) is 5.91 Å². The van der Waals surface area contributed by atoms with Crippen LogP contribution in [0.5, 0.6) is 0 Å². The predicted molar refractivity (Wildman–Crippen MR) is 80.7 cm³/mol. The van der Waals surface area contributed by atoms with Crippen LogP contribution in [0.3, 0.4) is 0 Å². The van der Waals surface area contributed by atoms with E-state index in [4.69, 9.17) is 5.73 Å². The van der Waals surface area contributed by atoms with E-state index in [0.29, 0.717) is 6.54 Å². The molecule has 0 bridgehead atoms. The molecule has 1 aliphatic rings. The van der Waals surface area contributed by atoms with Crippen LogP contribution in [0.25, 0.3) is 0 Å². The van der Waals surface area contributed by atoms with Gasteiger partial charge >= 0.3 is 0 Å². The molecule has 3 N–H and O–H groups in total. The maximum Gasteiger partial charge on any atom is 0.238 e. The molecule has 1 amide bonds. The number of halogens is 1. The molecule has 2 rings (SSSR count). The van der Waals surface area contributed by atoms with E-state index < -0.39 is 0 Å². The highest BCUT2D eigenvalue weighted by molar-refractivity contribution is 5.92. The summed E-state index contributed by atoms with van der Waals surface area (Å²) in [5.74, 6) is 0.0351. The first-order valence-electron chi connectivity index (χ1n) is 6.48. The topological polar surface area (TPSA) is 58.4 Å². The fourth-order valence-corrected chi connectivity index (χ4v) is 2.28. The van der Waals surface area contributed by atoms with Gasteiger partial charge < -0.3 is 11.1 Å². The highest BCUT2D eigenvalue weighted by atomic mass is 35.5. The second kappa shape index (κ2) is 7.48. The maximum absolute atomic E-state index is 11.9. The number of hydrogen-bond acceptors (Lipinski definition) is 3. The van der Waals surface area contributed by atoms with Gasteiger partial charge in [0.1, 0.15) is 0 Å². The number of nitrogens with zero attached hydrogens (tertiary/aromatic N) is 1. The summed E-state index contributed by atoms with van der Waals surface area (Å²) in [5, 5.41) is 2.91. The van der Waals surface area contributed by atoms with Gasteiger partial charge in [-0.3, -0.25) is 9.69 Å². The number of piperidine rings is 1. The first-order valence-corrected chi connectivity index (χ1v) is 6.48. The number of nitrogens with one attached hydrogen (secondary N) is 1. The lowest BCUT2D eigenvalue weighted by Crippen LogP contribution is -2.45. The monoisotopic (exact) mass is 283 g/mol. The van der Waals surface area contributed by atoms with Crippen molar-refractivity contribution in [2.45, 2.75) is 25.8 Å². The Morgan fingerprint density at radius 1 is 1.42 bits per heavy atom. The Morgan fingerprint density at radius 2 is 2.11 bits per heavy atom. The summed E-state index contributed by atoms with van der Waals surface area (Å²) >= 11 is 0. The summed E-state index contributed by atoms with van der Waals surface area (Å²) in [6, 6.07) is 8.05. The molecule has 0 aliphatic carbocycles. The summed E-state index contributed by atoms with van der Waals surface area (Å²) < 4.78 is 0. The van der Waals surface area contributed by atoms with E-state index in [1.54, 1.807) is 0 Å². The number of aryl methyl sites for hydroxylation is 1. The van der Waals surface area contributed by atoms with Crippen molar-refractivity contribution in [2.24, 2.45) is 5.73 Å². The number of amides is 1. The molecule has 1 saturated heterocycles. The van der Waals surface area contributed by atoms with Gasteiger partial charge in [-0.2, -0.15) is 0 Å². The van der Waals surface area contributed by atoms with E-state index in [1.165, 1.54) is 5.56 Å². The predicted octanol–water partition coefficient (Wildman–Crippen LogP) is 1.78. The molecule has 19 heavy (non-hydrogen) atoms. The molecule has 5 heteroatoms. The molecule has 1 aromatic rings. The number of anilines is 1. The molecular formula is C14H22ClN3O. The Labute approximate surface area is 120 Å². The van der Waals surface area contributed by atoms with Crippen molar-refractivity contribution in [3.05, 3.63) is 29.8 Å². The largest absolute Gasteiger partial charge is 0.327 e. The summed E-state index contributed by atoms with van der Waals surface area (Å²) in [4.78, 5) is 14.0. The minimum atomic E-state index is 0. The molecule has 1 fully saturated rings. The van der Waals surface area contributed by atoms with Crippen molar-refractivity contribution in [1.82, 2.24) is 4.90 Å². The van der Waals surface area contributed by atoms with Crippen LogP contribution < -0.4 is 11.1 Å². The zero-order chi connectivity index (χ0) is 13.0. The van der Waals surface area contributed by atoms with Crippen molar-refractivity contribution >= 4 is 24.0 Å². The number of nitrogens with two attached hydrogens (primary N) is 1. The minimum absolute atomic E-state index is 0. The minimum Gasteiger partial charge on any atom is -0.327 e. The van der Waals surface area contributed by atoms with Crippen molar-refractivity contribution in [3.8, 4) is 0 Å².